The van der Waals surface area contributed by atoms with Crippen LogP contribution in [0.25, 0.3) is 0 Å². The van der Waals surface area contributed by atoms with Crippen LogP contribution in [0.1, 0.15) is 47.0 Å². The standard InChI is InChI=1S/C14H29N3O4S/c1-11(16-7-9-22(15,19)20)10-12-6-5-8-17(12)13(18)21-14(2,3)4/h11-12,16H,5-10H2,1-4H3,(H2,15,19,20). The third-order valence-electron chi connectivity index (χ3n) is 3.51. The van der Waals surface area contributed by atoms with E-state index in [2.05, 4.69) is 5.32 Å². The van der Waals surface area contributed by atoms with Crippen molar-refractivity contribution >= 4 is 16.1 Å². The van der Waals surface area contributed by atoms with Crippen molar-refractivity contribution in [2.24, 2.45) is 5.14 Å². The lowest BCUT2D eigenvalue weighted by molar-refractivity contribution is 0.0215. The lowest BCUT2D eigenvalue weighted by Gasteiger charge is -2.30. The lowest BCUT2D eigenvalue weighted by atomic mass is 10.1. The van der Waals surface area contributed by atoms with Gasteiger partial charge in [0.05, 0.1) is 5.75 Å². The number of primary sulfonamides is 1. The van der Waals surface area contributed by atoms with Crippen molar-refractivity contribution in [3.05, 3.63) is 0 Å². The second-order valence-electron chi connectivity index (χ2n) is 6.93. The summed E-state index contributed by atoms with van der Waals surface area (Å²) < 4.78 is 27.2. The van der Waals surface area contributed by atoms with E-state index in [1.54, 1.807) is 4.90 Å². The Labute approximate surface area is 133 Å². The largest absolute Gasteiger partial charge is 0.444 e. The zero-order chi connectivity index (χ0) is 17.0. The highest BCUT2D eigenvalue weighted by Gasteiger charge is 2.32. The molecule has 0 aliphatic carbocycles. The number of carbonyl (C=O) groups is 1. The van der Waals surface area contributed by atoms with Gasteiger partial charge in [0, 0.05) is 25.2 Å². The first kappa shape index (κ1) is 19.2. The van der Waals surface area contributed by atoms with Crippen LogP contribution >= 0.6 is 0 Å². The Kier molecular flexibility index (Phi) is 6.64. The van der Waals surface area contributed by atoms with Crippen molar-refractivity contribution in [1.82, 2.24) is 10.2 Å². The monoisotopic (exact) mass is 335 g/mol. The van der Waals surface area contributed by atoms with Gasteiger partial charge in [-0.2, -0.15) is 0 Å². The molecule has 1 aliphatic rings. The first-order valence-electron chi connectivity index (χ1n) is 7.71. The number of amides is 1. The van der Waals surface area contributed by atoms with E-state index in [4.69, 9.17) is 9.88 Å². The Bertz CT molecular complexity index is 473. The average Bonchev–Trinajstić information content (AvgIpc) is 2.72. The number of nitrogens with zero attached hydrogens (tertiary/aromatic N) is 1. The molecule has 2 unspecified atom stereocenters. The van der Waals surface area contributed by atoms with Crippen molar-refractivity contribution in [2.45, 2.75) is 64.6 Å². The van der Waals surface area contributed by atoms with E-state index in [-0.39, 0.29) is 23.9 Å². The minimum Gasteiger partial charge on any atom is -0.444 e. The fraction of sp³-hybridized carbons (Fsp3) is 0.929. The number of hydrogen-bond acceptors (Lipinski definition) is 5. The van der Waals surface area contributed by atoms with E-state index in [1.807, 2.05) is 27.7 Å². The maximum atomic E-state index is 12.2. The van der Waals surface area contributed by atoms with E-state index in [9.17, 15) is 13.2 Å². The Morgan fingerprint density at radius 3 is 2.64 bits per heavy atom. The van der Waals surface area contributed by atoms with Gasteiger partial charge in [-0.15, -0.1) is 0 Å². The number of sulfonamides is 1. The van der Waals surface area contributed by atoms with Gasteiger partial charge in [0.2, 0.25) is 10.0 Å². The summed E-state index contributed by atoms with van der Waals surface area (Å²) in [6, 6.07) is 0.238. The van der Waals surface area contributed by atoms with Gasteiger partial charge in [-0.1, -0.05) is 0 Å². The fourth-order valence-electron chi connectivity index (χ4n) is 2.58. The van der Waals surface area contributed by atoms with Crippen LogP contribution < -0.4 is 10.5 Å². The van der Waals surface area contributed by atoms with Crippen LogP contribution in [-0.4, -0.2) is 55.9 Å². The molecule has 0 aromatic heterocycles. The van der Waals surface area contributed by atoms with Gasteiger partial charge in [-0.25, -0.2) is 18.4 Å². The molecule has 0 spiro atoms. The number of rotatable bonds is 6. The summed E-state index contributed by atoms with van der Waals surface area (Å²) in [5.74, 6) is -0.0855. The third kappa shape index (κ3) is 7.42. The van der Waals surface area contributed by atoms with E-state index in [0.29, 0.717) is 13.1 Å². The van der Waals surface area contributed by atoms with Crippen LogP contribution in [0.2, 0.25) is 0 Å². The highest BCUT2D eigenvalue weighted by atomic mass is 32.2. The molecule has 1 amide bonds. The molecule has 0 saturated carbocycles. The summed E-state index contributed by atoms with van der Waals surface area (Å²) in [7, 11) is -3.44. The molecule has 0 aromatic rings. The number of nitrogens with one attached hydrogen (secondary N) is 1. The van der Waals surface area contributed by atoms with Gasteiger partial charge in [0.15, 0.2) is 0 Å². The zero-order valence-electron chi connectivity index (χ0n) is 14.0. The molecule has 0 radical (unpaired) electrons. The quantitative estimate of drug-likeness (QED) is 0.755. The maximum Gasteiger partial charge on any atom is 0.410 e. The van der Waals surface area contributed by atoms with Crippen molar-refractivity contribution in [1.29, 1.82) is 0 Å². The summed E-state index contributed by atoms with van der Waals surface area (Å²) >= 11 is 0. The molecule has 8 heteroatoms. The molecular formula is C14H29N3O4S. The molecule has 130 valence electrons. The Morgan fingerprint density at radius 2 is 2.09 bits per heavy atom. The van der Waals surface area contributed by atoms with E-state index in [0.717, 1.165) is 19.3 Å². The lowest BCUT2D eigenvalue weighted by Crippen LogP contribution is -2.43. The van der Waals surface area contributed by atoms with Gasteiger partial charge >= 0.3 is 6.09 Å². The summed E-state index contributed by atoms with van der Waals surface area (Å²) in [5.41, 5.74) is -0.496. The predicted molar refractivity (Wildman–Crippen MR) is 86.0 cm³/mol. The van der Waals surface area contributed by atoms with Crippen LogP contribution in [0.4, 0.5) is 4.79 Å². The third-order valence-corrected chi connectivity index (χ3v) is 4.28. The molecule has 3 N–H and O–H groups in total. The summed E-state index contributed by atoms with van der Waals surface area (Å²) in [6.07, 6.45) is 2.41. The molecule has 7 nitrogen and oxygen atoms in total. The van der Waals surface area contributed by atoms with Gasteiger partial charge < -0.3 is 15.0 Å². The van der Waals surface area contributed by atoms with E-state index < -0.39 is 15.6 Å². The molecule has 1 saturated heterocycles. The first-order valence-corrected chi connectivity index (χ1v) is 9.43. The van der Waals surface area contributed by atoms with Crippen molar-refractivity contribution in [2.75, 3.05) is 18.8 Å². The summed E-state index contributed by atoms with van der Waals surface area (Å²) in [4.78, 5) is 14.0. The van der Waals surface area contributed by atoms with Crippen molar-refractivity contribution < 1.29 is 17.9 Å². The molecule has 22 heavy (non-hydrogen) atoms. The number of ether oxygens (including phenoxy) is 1. The van der Waals surface area contributed by atoms with Crippen molar-refractivity contribution in [3.63, 3.8) is 0 Å². The Morgan fingerprint density at radius 1 is 1.45 bits per heavy atom. The highest BCUT2D eigenvalue weighted by molar-refractivity contribution is 7.89. The first-order chi connectivity index (χ1) is 9.98. The zero-order valence-corrected chi connectivity index (χ0v) is 14.8. The molecule has 2 atom stereocenters. The molecule has 1 fully saturated rings. The number of likely N-dealkylation sites (tertiary alicyclic amines) is 1. The molecule has 1 heterocycles. The Balaban J connectivity index is 2.44. The molecule has 1 rings (SSSR count). The van der Waals surface area contributed by atoms with Gasteiger partial charge in [0.25, 0.3) is 0 Å². The van der Waals surface area contributed by atoms with E-state index in [1.165, 1.54) is 0 Å². The number of nitrogens with two attached hydrogens (primary N) is 1. The fourth-order valence-corrected chi connectivity index (χ4v) is 2.98. The number of carbonyl (C=O) groups excluding carboxylic acids is 1. The smallest absolute Gasteiger partial charge is 0.410 e. The number of hydrogen-bond donors (Lipinski definition) is 2. The second-order valence-corrected chi connectivity index (χ2v) is 8.66. The normalized spacial score (nSPS) is 21.0. The van der Waals surface area contributed by atoms with Crippen molar-refractivity contribution in [3.8, 4) is 0 Å². The van der Waals surface area contributed by atoms with Gasteiger partial charge in [-0.3, -0.25) is 0 Å². The maximum absolute atomic E-state index is 12.2. The molecular weight excluding hydrogens is 306 g/mol. The minimum atomic E-state index is -3.44. The van der Waals surface area contributed by atoms with Crippen LogP contribution in [0.5, 0.6) is 0 Å². The predicted octanol–water partition coefficient (Wildman–Crippen LogP) is 1.04. The Hall–Kier alpha value is -0.860. The SMILES string of the molecule is CC(CC1CCCN1C(=O)OC(C)(C)C)NCCS(N)(=O)=O. The van der Waals surface area contributed by atoms with Crippen LogP contribution in [-0.2, 0) is 14.8 Å². The van der Waals surface area contributed by atoms with Gasteiger partial charge in [0.1, 0.15) is 5.60 Å². The topological polar surface area (TPSA) is 102 Å². The molecule has 1 aliphatic heterocycles. The summed E-state index contributed by atoms with van der Waals surface area (Å²) in [6.45, 7) is 8.58. The summed E-state index contributed by atoms with van der Waals surface area (Å²) in [5, 5.41) is 8.10. The molecule has 0 aromatic carbocycles. The molecule has 0 bridgehead atoms. The van der Waals surface area contributed by atoms with Crippen LogP contribution in [0, 0.1) is 0 Å². The van der Waals surface area contributed by atoms with E-state index >= 15 is 0 Å². The highest BCUT2D eigenvalue weighted by Crippen LogP contribution is 2.23. The average molecular weight is 335 g/mol. The minimum absolute atomic E-state index is 0.0855. The van der Waals surface area contributed by atoms with Crippen LogP contribution in [0.3, 0.4) is 0 Å². The van der Waals surface area contributed by atoms with Crippen LogP contribution in [0.15, 0.2) is 0 Å². The second kappa shape index (κ2) is 7.61. The van der Waals surface area contributed by atoms with Gasteiger partial charge in [-0.05, 0) is 47.0 Å².